The maximum Gasteiger partial charge on any atom is 0.261 e. The Labute approximate surface area is 241 Å². The summed E-state index contributed by atoms with van der Waals surface area (Å²) in [6.45, 7) is 6.63. The average Bonchev–Trinajstić information content (AvgIpc) is 3.63. The van der Waals surface area contributed by atoms with Crippen LogP contribution < -0.4 is 16.0 Å². The Morgan fingerprint density at radius 1 is 1.20 bits per heavy atom. The molecule has 3 heterocycles. The SMILES string of the molecule is C[C@@H]1[C@@H]([Si](C)(C)O)[C@H](CC(=O)N(CCO)Cc2ccccc2)O[C@@]12C(=O)Nc1ccc(NC(=O)[C@H]3CCCN3)cc12. The molecule has 2 aromatic carbocycles. The van der Waals surface area contributed by atoms with Crippen molar-refractivity contribution in [3.05, 3.63) is 59.7 Å². The van der Waals surface area contributed by atoms with Crippen LogP contribution in [-0.4, -0.2) is 72.7 Å². The van der Waals surface area contributed by atoms with Crippen LogP contribution in [0.5, 0.6) is 0 Å². The summed E-state index contributed by atoms with van der Waals surface area (Å²) in [6, 6.07) is 14.6. The highest BCUT2D eigenvalue weighted by Gasteiger charge is 2.65. The van der Waals surface area contributed by atoms with E-state index in [0.717, 1.165) is 24.9 Å². The van der Waals surface area contributed by atoms with E-state index >= 15 is 0 Å². The molecule has 0 bridgehead atoms. The largest absolute Gasteiger partial charge is 0.432 e. The fraction of sp³-hybridized carbons (Fsp3) is 0.500. The van der Waals surface area contributed by atoms with E-state index in [0.29, 0.717) is 23.5 Å². The van der Waals surface area contributed by atoms with Gasteiger partial charge in [0, 0.05) is 41.5 Å². The zero-order valence-electron chi connectivity index (χ0n) is 23.9. The van der Waals surface area contributed by atoms with Crippen LogP contribution in [0.15, 0.2) is 48.5 Å². The second-order valence-corrected chi connectivity index (χ2v) is 15.9. The third-order valence-corrected chi connectivity index (χ3v) is 11.2. The number of benzene rings is 2. The Morgan fingerprint density at radius 2 is 1.95 bits per heavy atom. The number of nitrogens with zero attached hydrogens (tertiary/aromatic N) is 1. The number of carbonyl (C=O) groups is 3. The van der Waals surface area contributed by atoms with Crippen molar-refractivity contribution in [1.29, 1.82) is 0 Å². The third kappa shape index (κ3) is 5.69. The Balaban J connectivity index is 1.43. The molecule has 0 unspecified atom stereocenters. The van der Waals surface area contributed by atoms with E-state index in [1.54, 1.807) is 23.1 Å². The average molecular weight is 581 g/mol. The van der Waals surface area contributed by atoms with Gasteiger partial charge in [0.05, 0.1) is 25.2 Å². The van der Waals surface area contributed by atoms with Gasteiger partial charge in [-0.15, -0.1) is 0 Å². The van der Waals surface area contributed by atoms with Crippen LogP contribution in [0.3, 0.4) is 0 Å². The fourth-order valence-corrected chi connectivity index (χ4v) is 9.38. The molecular weight excluding hydrogens is 540 g/mol. The van der Waals surface area contributed by atoms with Crippen molar-refractivity contribution in [3.63, 3.8) is 0 Å². The quantitative estimate of drug-likeness (QED) is 0.287. The molecule has 41 heavy (non-hydrogen) atoms. The predicted molar refractivity (Wildman–Crippen MR) is 157 cm³/mol. The molecule has 10 nitrogen and oxygen atoms in total. The minimum absolute atomic E-state index is 0.0348. The van der Waals surface area contributed by atoms with Crippen LogP contribution in [0.4, 0.5) is 11.4 Å². The van der Waals surface area contributed by atoms with E-state index in [9.17, 15) is 24.3 Å². The molecule has 5 N–H and O–H groups in total. The molecule has 5 rings (SSSR count). The lowest BCUT2D eigenvalue weighted by molar-refractivity contribution is -0.148. The molecule has 0 aromatic heterocycles. The number of aliphatic hydroxyl groups is 1. The van der Waals surface area contributed by atoms with E-state index in [1.165, 1.54) is 0 Å². The van der Waals surface area contributed by atoms with Crippen LogP contribution in [0.1, 0.15) is 37.3 Å². The highest BCUT2D eigenvalue weighted by Crippen LogP contribution is 2.58. The van der Waals surface area contributed by atoms with Gasteiger partial charge in [0.25, 0.3) is 5.91 Å². The van der Waals surface area contributed by atoms with Crippen LogP contribution in [0.25, 0.3) is 0 Å². The molecule has 0 aliphatic carbocycles. The van der Waals surface area contributed by atoms with Crippen molar-refractivity contribution < 1.29 is 29.0 Å². The number of anilines is 2. The number of carbonyl (C=O) groups excluding carboxylic acids is 3. The summed E-state index contributed by atoms with van der Waals surface area (Å²) in [6.07, 6.45) is 0.969. The molecule has 220 valence electrons. The lowest BCUT2D eigenvalue weighted by atomic mass is 9.82. The predicted octanol–water partition coefficient (Wildman–Crippen LogP) is 2.54. The molecule has 1 spiro atoms. The molecule has 0 saturated carbocycles. The fourth-order valence-electron chi connectivity index (χ4n) is 6.83. The number of rotatable bonds is 9. The van der Waals surface area contributed by atoms with Crippen LogP contribution >= 0.6 is 0 Å². The summed E-state index contributed by atoms with van der Waals surface area (Å²) in [5.74, 6) is -1.11. The van der Waals surface area contributed by atoms with E-state index in [-0.39, 0.29) is 43.3 Å². The topological polar surface area (TPSA) is 140 Å². The van der Waals surface area contributed by atoms with Crippen LogP contribution in [-0.2, 0) is 31.3 Å². The first-order valence-corrected chi connectivity index (χ1v) is 17.4. The first-order valence-electron chi connectivity index (χ1n) is 14.4. The molecule has 3 amide bonds. The summed E-state index contributed by atoms with van der Waals surface area (Å²) >= 11 is 0. The van der Waals surface area contributed by atoms with E-state index in [2.05, 4.69) is 16.0 Å². The Hall–Kier alpha value is -3.09. The first kappa shape index (κ1) is 29.4. The minimum Gasteiger partial charge on any atom is -0.432 e. The van der Waals surface area contributed by atoms with Gasteiger partial charge in [-0.3, -0.25) is 14.4 Å². The van der Waals surface area contributed by atoms with Gasteiger partial charge in [-0.1, -0.05) is 37.3 Å². The van der Waals surface area contributed by atoms with E-state index in [4.69, 9.17) is 4.74 Å². The second kappa shape index (κ2) is 11.7. The number of nitrogens with one attached hydrogen (secondary N) is 3. The van der Waals surface area contributed by atoms with Crippen molar-refractivity contribution in [1.82, 2.24) is 10.2 Å². The number of amides is 3. The van der Waals surface area contributed by atoms with Crippen molar-refractivity contribution in [2.75, 3.05) is 30.3 Å². The van der Waals surface area contributed by atoms with Gasteiger partial charge in [0.15, 0.2) is 13.9 Å². The maximum atomic E-state index is 13.7. The van der Waals surface area contributed by atoms with E-state index < -0.39 is 31.5 Å². The summed E-state index contributed by atoms with van der Waals surface area (Å²) in [5, 5.41) is 18.8. The molecule has 11 heteroatoms. The van der Waals surface area contributed by atoms with Gasteiger partial charge >= 0.3 is 0 Å². The normalized spacial score (nSPS) is 27.1. The first-order chi connectivity index (χ1) is 19.5. The maximum absolute atomic E-state index is 13.7. The Kier molecular flexibility index (Phi) is 8.35. The van der Waals surface area contributed by atoms with Gasteiger partial charge in [0.1, 0.15) is 0 Å². The third-order valence-electron chi connectivity index (χ3n) is 8.70. The lowest BCUT2D eigenvalue weighted by Crippen LogP contribution is -2.44. The second-order valence-electron chi connectivity index (χ2n) is 11.9. The molecule has 3 aliphatic rings. The molecular formula is C30H40N4O6Si. The highest BCUT2D eigenvalue weighted by atomic mass is 28.4. The molecule has 2 saturated heterocycles. The van der Waals surface area contributed by atoms with Gasteiger partial charge in [-0.2, -0.15) is 0 Å². The molecule has 0 radical (unpaired) electrons. The van der Waals surface area contributed by atoms with Crippen molar-refractivity contribution in [2.24, 2.45) is 5.92 Å². The summed E-state index contributed by atoms with van der Waals surface area (Å²) < 4.78 is 6.64. The molecule has 3 aliphatic heterocycles. The van der Waals surface area contributed by atoms with Crippen molar-refractivity contribution in [3.8, 4) is 0 Å². The van der Waals surface area contributed by atoms with Gasteiger partial charge in [-0.05, 0) is 56.2 Å². The van der Waals surface area contributed by atoms with Crippen LogP contribution in [0.2, 0.25) is 18.6 Å². The Bertz CT molecular complexity index is 1300. The van der Waals surface area contributed by atoms with Gasteiger partial charge in [-0.25, -0.2) is 0 Å². The number of aliphatic hydroxyl groups excluding tert-OH is 1. The highest BCUT2D eigenvalue weighted by molar-refractivity contribution is 6.71. The standard InChI is InChI=1S/C30H40N4O6Si/c1-19-27(41(2,3)39)25(17-26(36)34(14-15-35)18-20-8-5-4-6-9-20)40-30(19)22-16-21(11-12-23(22)33-29(30)38)32-28(37)24-10-7-13-31-24/h4-6,8-9,11-12,16,19,24-25,27,31,35,39H,7,10,13-15,17-18H2,1-3H3,(H,32,37)(H,33,38)/t19-,24-,25+,27-,30+/m1/s1. The summed E-state index contributed by atoms with van der Waals surface area (Å²) in [7, 11) is -2.95. The van der Waals surface area contributed by atoms with Gasteiger partial charge < -0.3 is 35.5 Å². The van der Waals surface area contributed by atoms with Crippen molar-refractivity contribution >= 4 is 37.4 Å². The Morgan fingerprint density at radius 3 is 2.61 bits per heavy atom. The zero-order chi connectivity index (χ0) is 29.4. The summed E-state index contributed by atoms with van der Waals surface area (Å²) in [4.78, 5) is 53.1. The smallest absolute Gasteiger partial charge is 0.261 e. The zero-order valence-corrected chi connectivity index (χ0v) is 24.9. The minimum atomic E-state index is -2.95. The number of fused-ring (bicyclic) bond motifs is 2. The van der Waals surface area contributed by atoms with Crippen LogP contribution in [0, 0.1) is 5.92 Å². The monoisotopic (exact) mass is 580 g/mol. The number of hydrogen-bond donors (Lipinski definition) is 5. The number of ether oxygens (including phenoxy) is 1. The van der Waals surface area contributed by atoms with E-state index in [1.807, 2.05) is 50.3 Å². The summed E-state index contributed by atoms with van der Waals surface area (Å²) in [5.41, 5.74) is 0.853. The van der Waals surface area contributed by atoms with Crippen molar-refractivity contribution in [2.45, 2.75) is 69.1 Å². The number of hydrogen-bond acceptors (Lipinski definition) is 7. The molecule has 5 atom stereocenters. The molecule has 2 fully saturated rings. The van der Waals surface area contributed by atoms with Gasteiger partial charge in [0.2, 0.25) is 11.8 Å². The lowest BCUT2D eigenvalue weighted by Gasteiger charge is -2.32. The molecule has 2 aromatic rings.